The van der Waals surface area contributed by atoms with Crippen LogP contribution in [0.1, 0.15) is 5.56 Å². The second-order valence-electron chi connectivity index (χ2n) is 5.93. The van der Waals surface area contributed by atoms with Crippen LogP contribution in [0.25, 0.3) is 0 Å². The zero-order valence-electron chi connectivity index (χ0n) is 13.8. The van der Waals surface area contributed by atoms with Gasteiger partial charge in [0.15, 0.2) is 0 Å². The first-order valence-electron chi connectivity index (χ1n) is 8.23. The lowest BCUT2D eigenvalue weighted by Crippen LogP contribution is -2.49. The van der Waals surface area contributed by atoms with Crippen molar-refractivity contribution in [1.82, 2.24) is 4.90 Å². The number of halogens is 2. The Morgan fingerprint density at radius 1 is 1.08 bits per heavy atom. The van der Waals surface area contributed by atoms with Gasteiger partial charge in [-0.3, -0.25) is 4.79 Å². The van der Waals surface area contributed by atoms with E-state index in [-0.39, 0.29) is 11.7 Å². The lowest BCUT2D eigenvalue weighted by atomic mass is 10.2. The van der Waals surface area contributed by atoms with E-state index in [1.165, 1.54) is 17.8 Å². The van der Waals surface area contributed by atoms with Crippen molar-refractivity contribution in [3.05, 3.63) is 64.9 Å². The minimum atomic E-state index is -0.211. The number of carbonyl (C=O) groups excluding carboxylic acids is 1. The molecule has 0 spiro atoms. The fraction of sp³-hybridized carbons (Fsp3) is 0.316. The van der Waals surface area contributed by atoms with E-state index in [1.54, 1.807) is 12.1 Å². The van der Waals surface area contributed by atoms with Gasteiger partial charge in [0, 0.05) is 42.6 Å². The van der Waals surface area contributed by atoms with Crippen LogP contribution in [0, 0.1) is 5.82 Å². The normalized spacial score (nSPS) is 14.6. The molecular weight excluding hydrogens is 359 g/mol. The van der Waals surface area contributed by atoms with Crippen LogP contribution in [-0.4, -0.2) is 42.7 Å². The van der Waals surface area contributed by atoms with Gasteiger partial charge in [0.2, 0.25) is 5.91 Å². The second kappa shape index (κ2) is 8.59. The van der Waals surface area contributed by atoms with E-state index in [1.807, 2.05) is 35.2 Å². The average Bonchev–Trinajstić information content (AvgIpc) is 2.63. The molecule has 0 N–H and O–H groups in total. The van der Waals surface area contributed by atoms with E-state index in [2.05, 4.69) is 4.90 Å². The fourth-order valence-corrected chi connectivity index (χ4v) is 3.94. The summed E-state index contributed by atoms with van der Waals surface area (Å²) in [7, 11) is 0. The van der Waals surface area contributed by atoms with Gasteiger partial charge >= 0.3 is 0 Å². The van der Waals surface area contributed by atoms with Crippen LogP contribution in [0.5, 0.6) is 0 Å². The van der Waals surface area contributed by atoms with Gasteiger partial charge in [-0.25, -0.2) is 4.39 Å². The third-order valence-corrected chi connectivity index (χ3v) is 5.45. The Bertz CT molecular complexity index is 735. The van der Waals surface area contributed by atoms with Crippen LogP contribution < -0.4 is 4.90 Å². The Morgan fingerprint density at radius 2 is 1.84 bits per heavy atom. The lowest BCUT2D eigenvalue weighted by Gasteiger charge is -2.36. The van der Waals surface area contributed by atoms with Crippen LogP contribution >= 0.6 is 23.4 Å². The van der Waals surface area contributed by atoms with Crippen molar-refractivity contribution in [2.45, 2.75) is 5.75 Å². The Balaban J connectivity index is 1.45. The number of rotatable bonds is 5. The number of hydrogen-bond acceptors (Lipinski definition) is 3. The summed E-state index contributed by atoms with van der Waals surface area (Å²) in [6.45, 7) is 2.99. The van der Waals surface area contributed by atoms with Gasteiger partial charge in [-0.2, -0.15) is 0 Å². The molecule has 1 fully saturated rings. The number of thioether (sulfide) groups is 1. The molecule has 0 atom stereocenters. The van der Waals surface area contributed by atoms with Gasteiger partial charge < -0.3 is 9.80 Å². The quantitative estimate of drug-likeness (QED) is 0.783. The largest absolute Gasteiger partial charge is 0.368 e. The summed E-state index contributed by atoms with van der Waals surface area (Å²) in [4.78, 5) is 16.5. The maximum atomic E-state index is 13.6. The van der Waals surface area contributed by atoms with E-state index in [9.17, 15) is 9.18 Å². The molecule has 3 nitrogen and oxygen atoms in total. The van der Waals surface area contributed by atoms with Gasteiger partial charge in [0.1, 0.15) is 5.82 Å². The first-order valence-corrected chi connectivity index (χ1v) is 9.76. The molecule has 2 aromatic carbocycles. The van der Waals surface area contributed by atoms with Crippen LogP contribution in [0.3, 0.4) is 0 Å². The summed E-state index contributed by atoms with van der Waals surface area (Å²) in [5, 5.41) is 0.723. The molecule has 0 bridgehead atoms. The molecule has 6 heteroatoms. The molecule has 0 radical (unpaired) electrons. The molecule has 132 valence electrons. The number of carbonyl (C=O) groups is 1. The minimum Gasteiger partial charge on any atom is -0.368 e. The van der Waals surface area contributed by atoms with Crippen LogP contribution in [-0.2, 0) is 10.5 Å². The topological polar surface area (TPSA) is 23.6 Å². The highest BCUT2D eigenvalue weighted by Crippen LogP contribution is 2.21. The number of nitrogens with zero attached hydrogens (tertiary/aromatic N) is 2. The molecule has 2 aromatic rings. The zero-order chi connectivity index (χ0) is 17.6. The van der Waals surface area contributed by atoms with Gasteiger partial charge in [-0.1, -0.05) is 35.9 Å². The summed E-state index contributed by atoms with van der Waals surface area (Å²) < 4.78 is 13.6. The maximum absolute atomic E-state index is 13.6. The summed E-state index contributed by atoms with van der Waals surface area (Å²) in [5.41, 5.74) is 1.74. The van der Waals surface area contributed by atoms with Crippen LogP contribution in [0.15, 0.2) is 48.5 Å². The van der Waals surface area contributed by atoms with Gasteiger partial charge in [-0.05, 0) is 29.8 Å². The summed E-state index contributed by atoms with van der Waals surface area (Å²) in [6, 6.07) is 14.5. The predicted molar refractivity (Wildman–Crippen MR) is 103 cm³/mol. The highest BCUT2D eigenvalue weighted by molar-refractivity contribution is 7.99. The predicted octanol–water partition coefficient (Wildman–Crippen LogP) is 4.06. The Kier molecular flexibility index (Phi) is 6.21. The molecule has 1 heterocycles. The molecule has 1 aliphatic rings. The molecular formula is C19H20ClFN2OS. The summed E-state index contributed by atoms with van der Waals surface area (Å²) >= 11 is 7.50. The highest BCUT2D eigenvalue weighted by Gasteiger charge is 2.21. The molecule has 0 saturated carbocycles. The first kappa shape index (κ1) is 18.1. The van der Waals surface area contributed by atoms with E-state index < -0.39 is 0 Å². The minimum absolute atomic E-state index is 0.118. The van der Waals surface area contributed by atoms with Crippen molar-refractivity contribution >= 4 is 35.0 Å². The van der Waals surface area contributed by atoms with Crippen molar-refractivity contribution in [3.8, 4) is 0 Å². The number of hydrogen-bond donors (Lipinski definition) is 0. The summed E-state index contributed by atoms with van der Waals surface area (Å²) in [6.07, 6.45) is 0. The molecule has 25 heavy (non-hydrogen) atoms. The lowest BCUT2D eigenvalue weighted by molar-refractivity contribution is -0.128. The average molecular weight is 379 g/mol. The SMILES string of the molecule is O=C(CSCc1ccccc1F)N1CCN(c2cccc(Cl)c2)CC1. The molecule has 1 saturated heterocycles. The van der Waals surface area contributed by atoms with Gasteiger partial charge in [-0.15, -0.1) is 11.8 Å². The molecule has 1 amide bonds. The van der Waals surface area contributed by atoms with Crippen molar-refractivity contribution in [3.63, 3.8) is 0 Å². The van der Waals surface area contributed by atoms with Gasteiger partial charge in [0.05, 0.1) is 5.75 Å². The van der Waals surface area contributed by atoms with Crippen LogP contribution in [0.4, 0.5) is 10.1 Å². The summed E-state index contributed by atoms with van der Waals surface area (Å²) in [5.74, 6) is 0.802. The standard InChI is InChI=1S/C19H20ClFN2OS/c20-16-5-3-6-17(12-16)22-8-10-23(11-9-22)19(24)14-25-13-15-4-1-2-7-18(15)21/h1-7,12H,8-11,13-14H2. The maximum Gasteiger partial charge on any atom is 0.232 e. The van der Waals surface area contributed by atoms with E-state index >= 15 is 0 Å². The second-order valence-corrected chi connectivity index (χ2v) is 7.35. The molecule has 3 rings (SSSR count). The number of amides is 1. The zero-order valence-corrected chi connectivity index (χ0v) is 15.4. The monoisotopic (exact) mass is 378 g/mol. The fourth-order valence-electron chi connectivity index (χ4n) is 2.84. The third-order valence-electron chi connectivity index (χ3n) is 4.25. The number of piperazine rings is 1. The van der Waals surface area contributed by atoms with Crippen molar-refractivity contribution < 1.29 is 9.18 Å². The van der Waals surface area contributed by atoms with Crippen molar-refractivity contribution in [1.29, 1.82) is 0 Å². The Labute approximate surface area is 156 Å². The van der Waals surface area contributed by atoms with E-state index in [4.69, 9.17) is 11.6 Å². The van der Waals surface area contributed by atoms with Crippen molar-refractivity contribution in [2.75, 3.05) is 36.8 Å². The number of anilines is 1. The van der Waals surface area contributed by atoms with E-state index in [0.29, 0.717) is 30.2 Å². The Hall–Kier alpha value is -1.72. The highest BCUT2D eigenvalue weighted by atomic mass is 35.5. The van der Waals surface area contributed by atoms with E-state index in [0.717, 1.165) is 23.8 Å². The molecule has 1 aliphatic heterocycles. The molecule has 0 unspecified atom stereocenters. The molecule has 0 aliphatic carbocycles. The first-order chi connectivity index (χ1) is 12.1. The number of benzene rings is 2. The van der Waals surface area contributed by atoms with Crippen LogP contribution in [0.2, 0.25) is 5.02 Å². The van der Waals surface area contributed by atoms with Gasteiger partial charge in [0.25, 0.3) is 0 Å². The third kappa shape index (κ3) is 4.89. The smallest absolute Gasteiger partial charge is 0.232 e. The Morgan fingerprint density at radius 3 is 2.56 bits per heavy atom. The van der Waals surface area contributed by atoms with Crippen molar-refractivity contribution in [2.24, 2.45) is 0 Å². The molecule has 0 aromatic heterocycles.